The van der Waals surface area contributed by atoms with Gasteiger partial charge in [-0.3, -0.25) is 14.4 Å². The van der Waals surface area contributed by atoms with E-state index in [0.29, 0.717) is 0 Å². The summed E-state index contributed by atoms with van der Waals surface area (Å²) in [4.78, 5) is 43.4. The zero-order valence-electron chi connectivity index (χ0n) is 13.1. The predicted octanol–water partition coefficient (Wildman–Crippen LogP) is -3.46. The van der Waals surface area contributed by atoms with E-state index in [1.807, 2.05) is 0 Å². The second kappa shape index (κ2) is 9.93. The molecule has 0 heterocycles. The lowest BCUT2D eigenvalue weighted by molar-refractivity contribution is -0.153. The van der Waals surface area contributed by atoms with E-state index in [0.717, 1.165) is 13.8 Å². The highest BCUT2D eigenvalue weighted by atomic mass is 16.5. The highest BCUT2D eigenvalue weighted by Gasteiger charge is 2.37. The Morgan fingerprint density at radius 3 is 1.92 bits per heavy atom. The quantitative estimate of drug-likeness (QED) is 0.170. The van der Waals surface area contributed by atoms with Gasteiger partial charge in [0.15, 0.2) is 0 Å². The normalized spacial score (nSPS) is 17.1. The van der Waals surface area contributed by atoms with Crippen LogP contribution >= 0.6 is 0 Å². The van der Waals surface area contributed by atoms with Gasteiger partial charge in [-0.05, 0) is 0 Å². The van der Waals surface area contributed by atoms with Crippen LogP contribution < -0.4 is 5.32 Å². The Labute approximate surface area is 136 Å². The number of rotatable bonds is 10. The number of nitrogens with one attached hydrogen (secondary N) is 1. The summed E-state index contributed by atoms with van der Waals surface area (Å²) < 4.78 is 4.45. The number of Topliss-reactive ketones (excluding diaryl/α,β-unsaturated/α-hetero) is 1. The molecule has 5 atom stereocenters. The summed E-state index contributed by atoms with van der Waals surface area (Å²) in [7, 11) is 0. The predicted molar refractivity (Wildman–Crippen MR) is 75.5 cm³/mol. The molecule has 0 bridgehead atoms. The number of carboxylic acid groups (broad SMARTS) is 1. The van der Waals surface area contributed by atoms with Crippen LogP contribution in [0.15, 0.2) is 0 Å². The van der Waals surface area contributed by atoms with Crippen molar-refractivity contribution >= 4 is 23.6 Å². The van der Waals surface area contributed by atoms with Gasteiger partial charge >= 0.3 is 11.9 Å². The maximum Gasteiger partial charge on any atom is 0.372 e. The summed E-state index contributed by atoms with van der Waals surface area (Å²) in [5.41, 5.74) is 0. The summed E-state index contributed by atoms with van der Waals surface area (Å²) in [6.07, 6.45) is -8.47. The van der Waals surface area contributed by atoms with Crippen molar-refractivity contribution in [1.29, 1.82) is 0 Å². The zero-order valence-corrected chi connectivity index (χ0v) is 13.1. The first-order valence-electron chi connectivity index (χ1n) is 6.86. The molecule has 5 unspecified atom stereocenters. The number of carbonyl (C=O) groups excluding carboxylic acids is 3. The van der Waals surface area contributed by atoms with Crippen LogP contribution in [0.25, 0.3) is 0 Å². The Kier molecular flexibility index (Phi) is 9.07. The van der Waals surface area contributed by atoms with Gasteiger partial charge in [0.05, 0.1) is 12.1 Å². The maximum atomic E-state index is 11.1. The number of hydrogen-bond acceptors (Lipinski definition) is 9. The molecule has 24 heavy (non-hydrogen) atoms. The van der Waals surface area contributed by atoms with Crippen molar-refractivity contribution < 1.29 is 49.4 Å². The molecule has 0 aromatic carbocycles. The molecular weight excluding hydrogens is 330 g/mol. The van der Waals surface area contributed by atoms with Crippen LogP contribution in [-0.4, -0.2) is 86.2 Å². The van der Waals surface area contributed by atoms with E-state index < -0.39 is 67.1 Å². The standard InChI is InChI=1S/C13H21NO10/c1-5(15)14-10(7(17)3-8(18)13(22)23)12(21)11(20)9(19)4-24-6(2)16/h7,9-12,17,19-21H,3-4H2,1-2H3,(H,14,15)(H,22,23). The molecule has 1 amide bonds. The van der Waals surface area contributed by atoms with Crippen LogP contribution in [-0.2, 0) is 23.9 Å². The van der Waals surface area contributed by atoms with Crippen molar-refractivity contribution in [3.63, 3.8) is 0 Å². The molecule has 0 aliphatic carbocycles. The molecule has 0 spiro atoms. The molecule has 0 aromatic rings. The highest BCUT2D eigenvalue weighted by molar-refractivity contribution is 6.32. The van der Waals surface area contributed by atoms with Crippen molar-refractivity contribution in [1.82, 2.24) is 5.32 Å². The molecule has 0 aliphatic rings. The second-order valence-corrected chi connectivity index (χ2v) is 5.08. The van der Waals surface area contributed by atoms with Gasteiger partial charge in [-0.25, -0.2) is 4.79 Å². The van der Waals surface area contributed by atoms with Gasteiger partial charge in [0, 0.05) is 20.3 Å². The van der Waals surface area contributed by atoms with Crippen molar-refractivity contribution in [2.45, 2.75) is 50.7 Å². The van der Waals surface area contributed by atoms with E-state index in [4.69, 9.17) is 5.11 Å². The SMILES string of the molecule is CC(=O)NC(C(O)CC(=O)C(=O)O)C(O)C(O)C(O)COC(C)=O. The summed E-state index contributed by atoms with van der Waals surface area (Å²) in [6.45, 7) is 1.41. The molecule has 0 radical (unpaired) electrons. The largest absolute Gasteiger partial charge is 0.475 e. The van der Waals surface area contributed by atoms with Gasteiger partial charge in [-0.1, -0.05) is 0 Å². The van der Waals surface area contributed by atoms with Crippen LogP contribution in [0.1, 0.15) is 20.3 Å². The Morgan fingerprint density at radius 2 is 1.50 bits per heavy atom. The molecular formula is C13H21NO10. The van der Waals surface area contributed by atoms with E-state index in [1.54, 1.807) is 0 Å². The number of aliphatic hydroxyl groups is 4. The molecule has 0 saturated carbocycles. The van der Waals surface area contributed by atoms with Gasteiger partial charge in [-0.2, -0.15) is 0 Å². The number of ether oxygens (including phenoxy) is 1. The van der Waals surface area contributed by atoms with Crippen molar-refractivity contribution in [3.05, 3.63) is 0 Å². The lowest BCUT2D eigenvalue weighted by atomic mass is 9.94. The van der Waals surface area contributed by atoms with E-state index in [9.17, 15) is 39.6 Å². The lowest BCUT2D eigenvalue weighted by Crippen LogP contribution is -2.57. The Morgan fingerprint density at radius 1 is 0.958 bits per heavy atom. The van der Waals surface area contributed by atoms with Gasteiger partial charge in [-0.15, -0.1) is 0 Å². The van der Waals surface area contributed by atoms with Crippen molar-refractivity contribution in [2.24, 2.45) is 0 Å². The Hall–Kier alpha value is -2.08. The minimum atomic E-state index is -1.98. The molecule has 0 fully saturated rings. The fourth-order valence-electron chi connectivity index (χ4n) is 1.79. The minimum Gasteiger partial charge on any atom is -0.475 e. The molecule has 11 nitrogen and oxygen atoms in total. The van der Waals surface area contributed by atoms with Gasteiger partial charge in [0.25, 0.3) is 0 Å². The number of carboxylic acids is 1. The number of hydrogen-bond donors (Lipinski definition) is 6. The van der Waals surface area contributed by atoms with E-state index >= 15 is 0 Å². The highest BCUT2D eigenvalue weighted by Crippen LogP contribution is 2.12. The van der Waals surface area contributed by atoms with Crippen LogP contribution in [0.3, 0.4) is 0 Å². The number of esters is 1. The number of carbonyl (C=O) groups is 4. The molecule has 138 valence electrons. The number of aliphatic hydroxyl groups excluding tert-OH is 4. The third-order valence-corrected chi connectivity index (χ3v) is 2.99. The average molecular weight is 351 g/mol. The summed E-state index contributed by atoms with van der Waals surface area (Å²) >= 11 is 0. The Balaban J connectivity index is 5.06. The smallest absolute Gasteiger partial charge is 0.372 e. The summed E-state index contributed by atoms with van der Waals surface area (Å²) in [5.74, 6) is -4.69. The van der Waals surface area contributed by atoms with Crippen LogP contribution in [0.4, 0.5) is 0 Å². The van der Waals surface area contributed by atoms with E-state index in [1.165, 1.54) is 0 Å². The van der Waals surface area contributed by atoms with Crippen LogP contribution in [0.5, 0.6) is 0 Å². The first kappa shape index (κ1) is 21.9. The van der Waals surface area contributed by atoms with Crippen molar-refractivity contribution in [3.8, 4) is 0 Å². The average Bonchev–Trinajstić information content (AvgIpc) is 2.48. The lowest BCUT2D eigenvalue weighted by Gasteiger charge is -2.32. The molecule has 0 aliphatic heterocycles. The fraction of sp³-hybridized carbons (Fsp3) is 0.692. The summed E-state index contributed by atoms with van der Waals surface area (Å²) in [5, 5.41) is 49.9. The number of aliphatic carboxylic acids is 1. The van der Waals surface area contributed by atoms with E-state index in [2.05, 4.69) is 10.1 Å². The topological polar surface area (TPSA) is 191 Å². The van der Waals surface area contributed by atoms with Crippen LogP contribution in [0.2, 0.25) is 0 Å². The minimum absolute atomic E-state index is 0.662. The molecule has 0 aromatic heterocycles. The first-order chi connectivity index (χ1) is 11.0. The monoisotopic (exact) mass is 351 g/mol. The summed E-state index contributed by atoms with van der Waals surface area (Å²) in [6, 6.07) is -1.65. The zero-order chi connectivity index (χ0) is 19.0. The van der Waals surface area contributed by atoms with Gasteiger partial charge in [0.1, 0.15) is 24.9 Å². The van der Waals surface area contributed by atoms with Gasteiger partial charge in [0.2, 0.25) is 11.7 Å². The van der Waals surface area contributed by atoms with Crippen molar-refractivity contribution in [2.75, 3.05) is 6.61 Å². The second-order valence-electron chi connectivity index (χ2n) is 5.08. The third-order valence-electron chi connectivity index (χ3n) is 2.99. The maximum absolute atomic E-state index is 11.1. The molecule has 6 N–H and O–H groups in total. The molecule has 0 rings (SSSR count). The van der Waals surface area contributed by atoms with Crippen LogP contribution in [0, 0.1) is 0 Å². The van der Waals surface area contributed by atoms with E-state index in [-0.39, 0.29) is 0 Å². The Bertz CT molecular complexity index is 479. The van der Waals surface area contributed by atoms with Gasteiger partial charge < -0.3 is 35.6 Å². The molecule has 0 saturated heterocycles. The fourth-order valence-corrected chi connectivity index (χ4v) is 1.79. The molecule has 11 heteroatoms. The number of amides is 1. The first-order valence-corrected chi connectivity index (χ1v) is 6.86. The third kappa shape index (κ3) is 7.46. The number of ketones is 1.